The minimum atomic E-state index is 0.339. The van der Waals surface area contributed by atoms with Crippen LogP contribution in [-0.2, 0) is 12.8 Å². The van der Waals surface area contributed by atoms with Crippen molar-refractivity contribution in [2.45, 2.75) is 52.5 Å². The van der Waals surface area contributed by atoms with E-state index >= 15 is 0 Å². The molecule has 1 unspecified atom stereocenters. The standard InChI is InChI=1S/C21H25N/c1-4-16-10-11-18(15(3)14-16)20-12-13-21(22-20)19-9-7-6-8-17(19)5-2/h6-11,14,20H,4-5,12-13H2,1-3H3. The normalized spacial score (nSPS) is 17.6. The van der Waals surface area contributed by atoms with E-state index in [1.165, 1.54) is 33.5 Å². The second-order valence-electron chi connectivity index (χ2n) is 6.19. The Labute approximate surface area is 134 Å². The van der Waals surface area contributed by atoms with Crippen LogP contribution in [-0.4, -0.2) is 5.71 Å². The first-order valence-corrected chi connectivity index (χ1v) is 8.47. The lowest BCUT2D eigenvalue weighted by Crippen LogP contribution is -2.00. The largest absolute Gasteiger partial charge is 0.281 e. The van der Waals surface area contributed by atoms with Gasteiger partial charge in [0.25, 0.3) is 0 Å². The third-order valence-corrected chi connectivity index (χ3v) is 4.78. The molecule has 0 saturated heterocycles. The molecule has 0 fully saturated rings. The fourth-order valence-electron chi connectivity index (χ4n) is 3.46. The van der Waals surface area contributed by atoms with Gasteiger partial charge < -0.3 is 0 Å². The van der Waals surface area contributed by atoms with E-state index in [-0.39, 0.29) is 0 Å². The van der Waals surface area contributed by atoms with Gasteiger partial charge in [-0.3, -0.25) is 4.99 Å². The zero-order valence-corrected chi connectivity index (χ0v) is 13.9. The van der Waals surface area contributed by atoms with Crippen molar-refractivity contribution >= 4 is 5.71 Å². The van der Waals surface area contributed by atoms with E-state index in [1.807, 2.05) is 0 Å². The molecule has 0 aliphatic carbocycles. The number of benzene rings is 2. The summed E-state index contributed by atoms with van der Waals surface area (Å²) in [5, 5.41) is 0. The molecule has 1 aliphatic heterocycles. The summed E-state index contributed by atoms with van der Waals surface area (Å²) < 4.78 is 0. The van der Waals surface area contributed by atoms with Crippen molar-refractivity contribution in [3.8, 4) is 0 Å². The van der Waals surface area contributed by atoms with Crippen LogP contribution in [0.2, 0.25) is 0 Å². The van der Waals surface area contributed by atoms with Gasteiger partial charge in [-0.2, -0.15) is 0 Å². The van der Waals surface area contributed by atoms with Crippen LogP contribution in [0, 0.1) is 6.92 Å². The van der Waals surface area contributed by atoms with Crippen molar-refractivity contribution in [2.24, 2.45) is 4.99 Å². The smallest absolute Gasteiger partial charge is 0.0758 e. The molecular weight excluding hydrogens is 266 g/mol. The van der Waals surface area contributed by atoms with Crippen molar-refractivity contribution in [1.82, 2.24) is 0 Å². The predicted molar refractivity (Wildman–Crippen MR) is 94.9 cm³/mol. The molecule has 0 aromatic heterocycles. The first-order valence-electron chi connectivity index (χ1n) is 8.47. The molecule has 1 aliphatic rings. The lowest BCUT2D eigenvalue weighted by atomic mass is 9.96. The Balaban J connectivity index is 1.91. The van der Waals surface area contributed by atoms with Crippen molar-refractivity contribution in [3.05, 3.63) is 70.3 Å². The summed E-state index contributed by atoms with van der Waals surface area (Å²) in [4.78, 5) is 5.07. The lowest BCUT2D eigenvalue weighted by molar-refractivity contribution is 0.717. The number of nitrogens with zero attached hydrogens (tertiary/aromatic N) is 1. The summed E-state index contributed by atoms with van der Waals surface area (Å²) >= 11 is 0. The Morgan fingerprint density at radius 2 is 1.86 bits per heavy atom. The topological polar surface area (TPSA) is 12.4 Å². The molecule has 3 rings (SSSR count). The Kier molecular flexibility index (Phi) is 4.42. The van der Waals surface area contributed by atoms with Gasteiger partial charge in [-0.25, -0.2) is 0 Å². The summed E-state index contributed by atoms with van der Waals surface area (Å²) in [6, 6.07) is 15.9. The van der Waals surface area contributed by atoms with Gasteiger partial charge in [-0.05, 0) is 60.4 Å². The predicted octanol–water partition coefficient (Wildman–Crippen LogP) is 5.44. The maximum Gasteiger partial charge on any atom is 0.0758 e. The first kappa shape index (κ1) is 15.0. The van der Waals surface area contributed by atoms with Crippen LogP contribution in [0.15, 0.2) is 47.5 Å². The van der Waals surface area contributed by atoms with Crippen LogP contribution in [0.5, 0.6) is 0 Å². The van der Waals surface area contributed by atoms with E-state index in [0.717, 1.165) is 25.7 Å². The Morgan fingerprint density at radius 3 is 2.59 bits per heavy atom. The minimum Gasteiger partial charge on any atom is -0.281 e. The maximum atomic E-state index is 5.07. The van der Waals surface area contributed by atoms with E-state index in [9.17, 15) is 0 Å². The second-order valence-corrected chi connectivity index (χ2v) is 6.19. The molecule has 0 radical (unpaired) electrons. The number of rotatable bonds is 4. The third-order valence-electron chi connectivity index (χ3n) is 4.78. The van der Waals surface area contributed by atoms with Gasteiger partial charge in [0.05, 0.1) is 6.04 Å². The molecule has 0 amide bonds. The van der Waals surface area contributed by atoms with Gasteiger partial charge in [0.1, 0.15) is 0 Å². The maximum absolute atomic E-state index is 5.07. The molecule has 0 N–H and O–H groups in total. The van der Waals surface area contributed by atoms with Crippen molar-refractivity contribution in [2.75, 3.05) is 0 Å². The summed E-state index contributed by atoms with van der Waals surface area (Å²) in [5.41, 5.74) is 8.27. The highest BCUT2D eigenvalue weighted by molar-refractivity contribution is 6.03. The Bertz CT molecular complexity index is 697. The molecular formula is C21H25N. The highest BCUT2D eigenvalue weighted by Gasteiger charge is 2.22. The number of hydrogen-bond acceptors (Lipinski definition) is 1. The fourth-order valence-corrected chi connectivity index (χ4v) is 3.46. The molecule has 1 atom stereocenters. The Morgan fingerprint density at radius 1 is 1.05 bits per heavy atom. The monoisotopic (exact) mass is 291 g/mol. The lowest BCUT2D eigenvalue weighted by Gasteiger charge is -2.12. The van der Waals surface area contributed by atoms with Crippen molar-refractivity contribution in [3.63, 3.8) is 0 Å². The zero-order chi connectivity index (χ0) is 15.5. The number of hydrogen-bond donors (Lipinski definition) is 0. The summed E-state index contributed by atoms with van der Waals surface area (Å²) in [5.74, 6) is 0. The van der Waals surface area contributed by atoms with Crippen LogP contribution < -0.4 is 0 Å². The minimum absolute atomic E-state index is 0.339. The quantitative estimate of drug-likeness (QED) is 0.711. The molecule has 114 valence electrons. The highest BCUT2D eigenvalue weighted by Crippen LogP contribution is 2.33. The van der Waals surface area contributed by atoms with E-state index in [4.69, 9.17) is 4.99 Å². The molecule has 0 saturated carbocycles. The second kappa shape index (κ2) is 6.48. The van der Waals surface area contributed by atoms with Crippen LogP contribution in [0.1, 0.15) is 60.5 Å². The van der Waals surface area contributed by atoms with Gasteiger partial charge >= 0.3 is 0 Å². The number of aliphatic imine (C=N–C) groups is 1. The van der Waals surface area contributed by atoms with Crippen LogP contribution >= 0.6 is 0 Å². The third kappa shape index (κ3) is 2.85. The van der Waals surface area contributed by atoms with Gasteiger partial charge in [-0.15, -0.1) is 0 Å². The molecule has 2 aromatic rings. The van der Waals surface area contributed by atoms with Crippen molar-refractivity contribution < 1.29 is 0 Å². The van der Waals surface area contributed by atoms with Gasteiger partial charge in [0, 0.05) is 5.71 Å². The molecule has 0 spiro atoms. The van der Waals surface area contributed by atoms with Crippen LogP contribution in [0.25, 0.3) is 0 Å². The summed E-state index contributed by atoms with van der Waals surface area (Å²) in [7, 11) is 0. The van der Waals surface area contributed by atoms with E-state index in [1.54, 1.807) is 0 Å². The zero-order valence-electron chi connectivity index (χ0n) is 13.9. The molecule has 1 nitrogen and oxygen atoms in total. The van der Waals surface area contributed by atoms with E-state index < -0.39 is 0 Å². The van der Waals surface area contributed by atoms with E-state index in [2.05, 4.69) is 63.2 Å². The summed E-state index contributed by atoms with van der Waals surface area (Å²) in [6.07, 6.45) is 4.41. The first-order chi connectivity index (χ1) is 10.7. The Hall–Kier alpha value is -1.89. The van der Waals surface area contributed by atoms with Crippen LogP contribution in [0.4, 0.5) is 0 Å². The van der Waals surface area contributed by atoms with Gasteiger partial charge in [0.15, 0.2) is 0 Å². The molecule has 2 aromatic carbocycles. The van der Waals surface area contributed by atoms with Gasteiger partial charge in [0.2, 0.25) is 0 Å². The average Bonchev–Trinajstić information content (AvgIpc) is 3.04. The van der Waals surface area contributed by atoms with Crippen molar-refractivity contribution in [1.29, 1.82) is 0 Å². The number of aryl methyl sites for hydroxylation is 3. The molecule has 22 heavy (non-hydrogen) atoms. The van der Waals surface area contributed by atoms with Crippen LogP contribution in [0.3, 0.4) is 0 Å². The average molecular weight is 291 g/mol. The summed E-state index contributed by atoms with van der Waals surface area (Å²) in [6.45, 7) is 6.66. The van der Waals surface area contributed by atoms with E-state index in [0.29, 0.717) is 6.04 Å². The molecule has 0 bridgehead atoms. The molecule has 1 heterocycles. The fraction of sp³-hybridized carbons (Fsp3) is 0.381. The van der Waals surface area contributed by atoms with Gasteiger partial charge in [-0.1, -0.05) is 56.3 Å². The highest BCUT2D eigenvalue weighted by atomic mass is 14.8. The molecule has 1 heteroatoms. The SMILES string of the molecule is CCc1ccc(C2CCC(c3ccccc3CC)=N2)c(C)c1.